The summed E-state index contributed by atoms with van der Waals surface area (Å²) in [7, 11) is -4.20. The zero-order valence-corrected chi connectivity index (χ0v) is 14.3. The van der Waals surface area contributed by atoms with Gasteiger partial charge in [0.1, 0.15) is 17.6 Å². The first-order valence-electron chi connectivity index (χ1n) is 7.76. The molecule has 0 saturated heterocycles. The number of hydrogen-bond acceptors (Lipinski definition) is 4. The smallest absolute Gasteiger partial charge is 0.246 e. The molecule has 0 aromatic heterocycles. The molecule has 0 radical (unpaired) electrons. The van der Waals surface area contributed by atoms with Crippen LogP contribution in [0.3, 0.4) is 0 Å². The van der Waals surface area contributed by atoms with Gasteiger partial charge in [-0.05, 0) is 24.3 Å². The largest absolute Gasteiger partial charge is 0.486 e. The van der Waals surface area contributed by atoms with Gasteiger partial charge in [-0.2, -0.15) is 4.31 Å². The summed E-state index contributed by atoms with van der Waals surface area (Å²) in [5.41, 5.74) is 0. The van der Waals surface area contributed by atoms with Gasteiger partial charge in [-0.3, -0.25) is 0 Å². The van der Waals surface area contributed by atoms with E-state index < -0.39 is 32.7 Å². The Balaban J connectivity index is 1.82. The molecule has 25 heavy (non-hydrogen) atoms. The zero-order valence-electron chi connectivity index (χ0n) is 13.5. The molecule has 0 saturated carbocycles. The minimum atomic E-state index is -4.20. The topological polar surface area (TPSA) is 55.8 Å². The van der Waals surface area contributed by atoms with Gasteiger partial charge in [0, 0.05) is 6.54 Å². The highest BCUT2D eigenvalue weighted by atomic mass is 32.2. The molecule has 2 aromatic rings. The Bertz CT molecular complexity index is 873. The third-order valence-corrected chi connectivity index (χ3v) is 5.82. The number of fused-ring (bicyclic) bond motifs is 1. The molecule has 0 bridgehead atoms. The van der Waals surface area contributed by atoms with Crippen LogP contribution in [0.5, 0.6) is 11.5 Å². The number of para-hydroxylation sites is 2. The van der Waals surface area contributed by atoms with Crippen molar-refractivity contribution in [3.63, 3.8) is 0 Å². The Labute approximate surface area is 144 Å². The Kier molecular flexibility index (Phi) is 4.91. The fourth-order valence-electron chi connectivity index (χ4n) is 2.60. The first-order valence-corrected chi connectivity index (χ1v) is 9.20. The molecular weight excluding hydrogens is 352 g/mol. The van der Waals surface area contributed by atoms with E-state index in [1.165, 1.54) is 0 Å². The molecule has 0 unspecified atom stereocenters. The fourth-order valence-corrected chi connectivity index (χ4v) is 4.15. The van der Waals surface area contributed by atoms with E-state index in [2.05, 4.69) is 0 Å². The Morgan fingerprint density at radius 3 is 2.56 bits per heavy atom. The second-order valence-corrected chi connectivity index (χ2v) is 7.41. The third-order valence-electron chi connectivity index (χ3n) is 3.86. The van der Waals surface area contributed by atoms with E-state index in [1.54, 1.807) is 31.2 Å². The summed E-state index contributed by atoms with van der Waals surface area (Å²) in [6.45, 7) is 1.82. The highest BCUT2D eigenvalue weighted by Gasteiger charge is 2.32. The molecule has 1 atom stereocenters. The zero-order chi connectivity index (χ0) is 18.0. The van der Waals surface area contributed by atoms with E-state index in [4.69, 9.17) is 9.47 Å². The normalized spacial score (nSPS) is 16.9. The lowest BCUT2D eigenvalue weighted by Crippen LogP contribution is -2.43. The summed E-state index contributed by atoms with van der Waals surface area (Å²) in [6, 6.07) is 10.1. The molecule has 0 spiro atoms. The lowest BCUT2D eigenvalue weighted by molar-refractivity contribution is 0.0771. The molecule has 0 amide bonds. The molecule has 2 aromatic carbocycles. The van der Waals surface area contributed by atoms with Crippen LogP contribution in [0.2, 0.25) is 0 Å². The van der Waals surface area contributed by atoms with Gasteiger partial charge in [0.25, 0.3) is 0 Å². The van der Waals surface area contributed by atoms with Gasteiger partial charge in [0.15, 0.2) is 23.1 Å². The molecule has 8 heteroatoms. The van der Waals surface area contributed by atoms with E-state index in [0.29, 0.717) is 11.5 Å². The van der Waals surface area contributed by atoms with Crippen molar-refractivity contribution in [2.24, 2.45) is 0 Å². The number of halogens is 2. The van der Waals surface area contributed by atoms with Gasteiger partial charge >= 0.3 is 0 Å². The Morgan fingerprint density at radius 2 is 1.84 bits per heavy atom. The summed E-state index contributed by atoms with van der Waals surface area (Å²) >= 11 is 0. The minimum absolute atomic E-state index is 0.0386. The highest BCUT2D eigenvalue weighted by Crippen LogP contribution is 2.31. The van der Waals surface area contributed by atoms with Crippen molar-refractivity contribution in [3.8, 4) is 11.5 Å². The monoisotopic (exact) mass is 369 g/mol. The van der Waals surface area contributed by atoms with Crippen LogP contribution >= 0.6 is 0 Å². The molecule has 3 rings (SSSR count). The number of rotatable bonds is 5. The van der Waals surface area contributed by atoms with Crippen LogP contribution in [0, 0.1) is 11.6 Å². The SMILES string of the molecule is CCN(C[C@H]1COc2ccccc2O1)S(=O)(=O)c1cccc(F)c1F. The van der Waals surface area contributed by atoms with Gasteiger partial charge < -0.3 is 9.47 Å². The first-order chi connectivity index (χ1) is 11.9. The molecule has 0 fully saturated rings. The lowest BCUT2D eigenvalue weighted by Gasteiger charge is -2.30. The van der Waals surface area contributed by atoms with Gasteiger partial charge in [-0.1, -0.05) is 25.1 Å². The molecular formula is C17H17F2NO4S. The summed E-state index contributed by atoms with van der Waals surface area (Å²) in [5.74, 6) is -1.49. The van der Waals surface area contributed by atoms with E-state index in [0.717, 1.165) is 22.5 Å². The minimum Gasteiger partial charge on any atom is -0.486 e. The van der Waals surface area contributed by atoms with Crippen molar-refractivity contribution in [2.75, 3.05) is 19.7 Å². The maximum absolute atomic E-state index is 13.9. The first kappa shape index (κ1) is 17.6. The van der Waals surface area contributed by atoms with Crippen molar-refractivity contribution < 1.29 is 26.7 Å². The van der Waals surface area contributed by atoms with Crippen molar-refractivity contribution in [1.82, 2.24) is 4.31 Å². The predicted octanol–water partition coefficient (Wildman–Crippen LogP) is 2.82. The third kappa shape index (κ3) is 3.45. The van der Waals surface area contributed by atoms with Crippen molar-refractivity contribution in [2.45, 2.75) is 17.9 Å². The van der Waals surface area contributed by atoms with Crippen molar-refractivity contribution in [3.05, 3.63) is 54.1 Å². The Hall–Kier alpha value is -2.19. The number of likely N-dealkylation sites (N-methyl/N-ethyl adjacent to an activating group) is 1. The van der Waals surface area contributed by atoms with Gasteiger partial charge in [0.2, 0.25) is 10.0 Å². The van der Waals surface area contributed by atoms with Gasteiger partial charge in [-0.15, -0.1) is 0 Å². The lowest BCUT2D eigenvalue weighted by atomic mass is 10.2. The van der Waals surface area contributed by atoms with Crippen LogP contribution in [0.15, 0.2) is 47.4 Å². The molecule has 0 aliphatic carbocycles. The number of ether oxygens (including phenoxy) is 2. The van der Waals surface area contributed by atoms with Crippen molar-refractivity contribution in [1.29, 1.82) is 0 Å². The van der Waals surface area contributed by atoms with E-state index in [-0.39, 0.29) is 19.7 Å². The van der Waals surface area contributed by atoms with Gasteiger partial charge in [-0.25, -0.2) is 17.2 Å². The van der Waals surface area contributed by atoms with Crippen LogP contribution in [-0.2, 0) is 10.0 Å². The van der Waals surface area contributed by atoms with Crippen LogP contribution in [0.1, 0.15) is 6.92 Å². The van der Waals surface area contributed by atoms with Crippen molar-refractivity contribution >= 4 is 10.0 Å². The average Bonchev–Trinajstić information content (AvgIpc) is 2.61. The van der Waals surface area contributed by atoms with Crippen LogP contribution < -0.4 is 9.47 Å². The predicted molar refractivity (Wildman–Crippen MR) is 87.1 cm³/mol. The van der Waals surface area contributed by atoms with E-state index >= 15 is 0 Å². The summed E-state index contributed by atoms with van der Waals surface area (Å²) in [6.07, 6.45) is -0.554. The molecule has 0 N–H and O–H groups in total. The molecule has 1 heterocycles. The maximum atomic E-state index is 13.9. The summed E-state index contributed by atoms with van der Waals surface area (Å²) < 4.78 is 65.0. The molecule has 5 nitrogen and oxygen atoms in total. The number of sulfonamides is 1. The number of hydrogen-bond donors (Lipinski definition) is 0. The number of nitrogens with zero attached hydrogens (tertiary/aromatic N) is 1. The molecule has 134 valence electrons. The number of benzene rings is 2. The van der Waals surface area contributed by atoms with Gasteiger partial charge in [0.05, 0.1) is 6.54 Å². The van der Waals surface area contributed by atoms with E-state index in [1.807, 2.05) is 0 Å². The summed E-state index contributed by atoms with van der Waals surface area (Å²) in [5, 5.41) is 0. The van der Waals surface area contributed by atoms with Crippen LogP contribution in [0.25, 0.3) is 0 Å². The standard InChI is InChI=1S/C17H17F2NO4S/c1-2-20(25(21,22)16-9-5-6-13(18)17(16)19)10-12-11-23-14-7-3-4-8-15(14)24-12/h3-9,12H,2,10-11H2,1H3/t12-/m0/s1. The van der Waals surface area contributed by atoms with Crippen LogP contribution in [-0.4, -0.2) is 38.5 Å². The second-order valence-electron chi connectivity index (χ2n) is 5.51. The maximum Gasteiger partial charge on any atom is 0.246 e. The van der Waals surface area contributed by atoms with E-state index in [9.17, 15) is 17.2 Å². The quantitative estimate of drug-likeness (QED) is 0.813. The fraction of sp³-hybridized carbons (Fsp3) is 0.294. The Morgan fingerprint density at radius 1 is 1.12 bits per heavy atom. The van der Waals surface area contributed by atoms with Crippen LogP contribution in [0.4, 0.5) is 8.78 Å². The summed E-state index contributed by atoms with van der Waals surface area (Å²) in [4.78, 5) is -0.688. The molecule has 1 aliphatic heterocycles. The second kappa shape index (κ2) is 6.97. The highest BCUT2D eigenvalue weighted by molar-refractivity contribution is 7.89. The molecule has 1 aliphatic rings. The average molecular weight is 369 g/mol.